The topological polar surface area (TPSA) is 27.7 Å². The molecule has 2 fully saturated rings. The third-order valence-corrected chi connectivity index (χ3v) is 5.51. The van der Waals surface area contributed by atoms with E-state index in [0.29, 0.717) is 17.1 Å². The maximum Gasteiger partial charge on any atom is 0.130 e. The van der Waals surface area contributed by atoms with Gasteiger partial charge in [-0.2, -0.15) is 0 Å². The van der Waals surface area contributed by atoms with E-state index in [1.807, 2.05) is 11.8 Å². The van der Waals surface area contributed by atoms with Crippen molar-refractivity contribution >= 4 is 11.8 Å². The molecule has 0 aromatic heterocycles. The Kier molecular flexibility index (Phi) is 4.32. The second kappa shape index (κ2) is 5.31. The average Bonchev–Trinajstić information content (AvgIpc) is 2.64. The lowest BCUT2D eigenvalue weighted by atomic mass is 9.94. The summed E-state index contributed by atoms with van der Waals surface area (Å²) in [6.45, 7) is 13.3. The molecule has 5 atom stereocenters. The predicted molar refractivity (Wildman–Crippen MR) is 75.2 cm³/mol. The Bertz CT molecular complexity index is 295. The fourth-order valence-corrected chi connectivity index (χ4v) is 4.55. The van der Waals surface area contributed by atoms with Crippen LogP contribution in [0.2, 0.25) is 0 Å². The molecular weight excluding hydrogens is 248 g/mol. The molecule has 2 heterocycles. The smallest absolute Gasteiger partial charge is 0.130 e. The van der Waals surface area contributed by atoms with Gasteiger partial charge in [0.1, 0.15) is 11.7 Å². The monoisotopic (exact) mass is 274 g/mol. The van der Waals surface area contributed by atoms with Gasteiger partial charge in [0, 0.05) is 5.25 Å². The highest BCUT2D eigenvalue weighted by atomic mass is 32.2. The fraction of sp³-hybridized carbons (Fsp3) is 1.00. The van der Waals surface area contributed by atoms with Crippen LogP contribution in [-0.2, 0) is 14.2 Å². The number of hydrogen-bond acceptors (Lipinski definition) is 4. The summed E-state index contributed by atoms with van der Waals surface area (Å²) in [5, 5.41) is 0.874. The van der Waals surface area contributed by atoms with Crippen LogP contribution in [0.1, 0.15) is 41.5 Å². The highest BCUT2D eigenvalue weighted by Crippen LogP contribution is 2.54. The Morgan fingerprint density at radius 3 is 2.39 bits per heavy atom. The normalized spacial score (nSPS) is 43.3. The van der Waals surface area contributed by atoms with Crippen molar-refractivity contribution in [3.8, 4) is 0 Å². The molecule has 2 rings (SSSR count). The van der Waals surface area contributed by atoms with E-state index in [-0.39, 0.29) is 30.0 Å². The molecule has 0 aromatic carbocycles. The second-order valence-corrected chi connectivity index (χ2v) is 7.51. The van der Waals surface area contributed by atoms with Gasteiger partial charge in [-0.25, -0.2) is 0 Å². The molecular formula is C14H26O3S. The summed E-state index contributed by atoms with van der Waals surface area (Å²) in [5.74, 6) is 0. The molecule has 4 heteroatoms. The van der Waals surface area contributed by atoms with Crippen LogP contribution < -0.4 is 0 Å². The Morgan fingerprint density at radius 1 is 1.17 bits per heavy atom. The summed E-state index contributed by atoms with van der Waals surface area (Å²) < 4.78 is 18.3. The Hall–Kier alpha value is 0.230. The van der Waals surface area contributed by atoms with Gasteiger partial charge in [0.15, 0.2) is 0 Å². The van der Waals surface area contributed by atoms with Crippen LogP contribution in [0.3, 0.4) is 0 Å². The van der Waals surface area contributed by atoms with Crippen molar-refractivity contribution in [3.05, 3.63) is 0 Å². The Morgan fingerprint density at radius 2 is 1.83 bits per heavy atom. The van der Waals surface area contributed by atoms with E-state index in [2.05, 4.69) is 41.5 Å². The Labute approximate surface area is 115 Å². The zero-order valence-electron chi connectivity index (χ0n) is 12.3. The number of thioether (sulfide) groups is 1. The third-order valence-electron chi connectivity index (χ3n) is 3.76. The van der Waals surface area contributed by atoms with Gasteiger partial charge in [0.25, 0.3) is 0 Å². The van der Waals surface area contributed by atoms with Crippen molar-refractivity contribution in [2.24, 2.45) is 0 Å². The largest absolute Gasteiger partial charge is 0.376 e. The molecule has 18 heavy (non-hydrogen) atoms. The van der Waals surface area contributed by atoms with E-state index in [4.69, 9.17) is 14.2 Å². The lowest BCUT2D eigenvalue weighted by Gasteiger charge is -2.36. The van der Waals surface area contributed by atoms with E-state index < -0.39 is 0 Å². The molecule has 2 aliphatic rings. The molecule has 0 N–H and O–H groups in total. The minimum absolute atomic E-state index is 0.159. The van der Waals surface area contributed by atoms with Crippen molar-refractivity contribution < 1.29 is 14.2 Å². The van der Waals surface area contributed by atoms with E-state index in [1.165, 1.54) is 0 Å². The molecule has 0 spiro atoms. The first-order valence-electron chi connectivity index (χ1n) is 6.97. The van der Waals surface area contributed by atoms with Crippen LogP contribution in [0.4, 0.5) is 0 Å². The first kappa shape index (κ1) is 14.6. The molecule has 2 saturated heterocycles. The lowest BCUT2D eigenvalue weighted by Crippen LogP contribution is -2.51. The van der Waals surface area contributed by atoms with Gasteiger partial charge in [0.05, 0.1) is 30.2 Å². The molecule has 0 radical (unpaired) electrons. The summed E-state index contributed by atoms with van der Waals surface area (Å²) in [4.78, 5) is 0. The van der Waals surface area contributed by atoms with Gasteiger partial charge in [0.2, 0.25) is 0 Å². The summed E-state index contributed by atoms with van der Waals surface area (Å²) in [6.07, 6.45) is 0.877. The SMILES string of the molecule is CC(C)OC[C@]12O[C@@H](C)[C@H](S[C@H]1C)[C@@H]2OC(C)C. The standard InChI is InChI=1S/C14H26O3S/c1-8(2)15-7-14-11(6)18-12(10(5)17-14)13(14)16-9(3)4/h8-13H,7H2,1-6H3/t10-,11-,12-,13-,14-/m0/s1. The fourth-order valence-electron chi connectivity index (χ4n) is 2.88. The maximum absolute atomic E-state index is 6.25. The van der Waals surface area contributed by atoms with Gasteiger partial charge in [-0.15, -0.1) is 11.8 Å². The molecule has 0 unspecified atom stereocenters. The quantitative estimate of drug-likeness (QED) is 0.770. The molecule has 2 aliphatic heterocycles. The van der Waals surface area contributed by atoms with E-state index in [9.17, 15) is 0 Å². The zero-order valence-corrected chi connectivity index (χ0v) is 13.1. The van der Waals surface area contributed by atoms with Crippen LogP contribution in [0, 0.1) is 0 Å². The molecule has 0 aromatic rings. The van der Waals surface area contributed by atoms with Crippen LogP contribution in [0.25, 0.3) is 0 Å². The number of hydrogen-bond donors (Lipinski definition) is 0. The molecule has 0 saturated carbocycles. The maximum atomic E-state index is 6.25. The van der Waals surface area contributed by atoms with Crippen molar-refractivity contribution in [1.82, 2.24) is 0 Å². The molecule has 106 valence electrons. The minimum atomic E-state index is -0.261. The van der Waals surface area contributed by atoms with E-state index in [1.54, 1.807) is 0 Å². The molecule has 0 aliphatic carbocycles. The summed E-state index contributed by atoms with van der Waals surface area (Å²) in [7, 11) is 0. The highest BCUT2D eigenvalue weighted by Gasteiger charge is 2.64. The van der Waals surface area contributed by atoms with Crippen LogP contribution >= 0.6 is 11.8 Å². The van der Waals surface area contributed by atoms with Crippen LogP contribution in [0.15, 0.2) is 0 Å². The minimum Gasteiger partial charge on any atom is -0.376 e. The second-order valence-electron chi connectivity index (χ2n) is 5.99. The summed E-state index contributed by atoms with van der Waals surface area (Å²) in [5.41, 5.74) is -0.261. The van der Waals surface area contributed by atoms with Crippen LogP contribution in [0.5, 0.6) is 0 Å². The molecule has 2 bridgehead atoms. The first-order valence-corrected chi connectivity index (χ1v) is 7.91. The number of rotatable bonds is 5. The number of ether oxygens (including phenoxy) is 3. The van der Waals surface area contributed by atoms with E-state index in [0.717, 1.165) is 0 Å². The molecule has 0 amide bonds. The van der Waals surface area contributed by atoms with Gasteiger partial charge in [-0.05, 0) is 34.6 Å². The van der Waals surface area contributed by atoms with Gasteiger partial charge in [-0.1, -0.05) is 6.92 Å². The van der Waals surface area contributed by atoms with Gasteiger partial charge >= 0.3 is 0 Å². The summed E-state index contributed by atoms with van der Waals surface area (Å²) in [6, 6.07) is 0. The van der Waals surface area contributed by atoms with Crippen LogP contribution in [-0.4, -0.2) is 47.1 Å². The zero-order chi connectivity index (χ0) is 13.5. The average molecular weight is 274 g/mol. The summed E-state index contributed by atoms with van der Waals surface area (Å²) >= 11 is 1.99. The van der Waals surface area contributed by atoms with Gasteiger partial charge in [-0.3, -0.25) is 0 Å². The Balaban J connectivity index is 2.16. The highest BCUT2D eigenvalue weighted by molar-refractivity contribution is 8.01. The van der Waals surface area contributed by atoms with Gasteiger partial charge < -0.3 is 14.2 Å². The van der Waals surface area contributed by atoms with Crippen molar-refractivity contribution in [3.63, 3.8) is 0 Å². The predicted octanol–water partition coefficient (Wildman–Crippen LogP) is 2.87. The van der Waals surface area contributed by atoms with Crippen molar-refractivity contribution in [2.45, 2.75) is 82.1 Å². The van der Waals surface area contributed by atoms with Crippen molar-refractivity contribution in [2.75, 3.05) is 6.61 Å². The lowest BCUT2D eigenvalue weighted by molar-refractivity contribution is -0.150. The molecule has 3 nitrogen and oxygen atoms in total. The third kappa shape index (κ3) is 2.45. The number of fused-ring (bicyclic) bond motifs is 2. The first-order chi connectivity index (χ1) is 8.36. The van der Waals surface area contributed by atoms with E-state index >= 15 is 0 Å². The van der Waals surface area contributed by atoms with Crippen molar-refractivity contribution in [1.29, 1.82) is 0 Å².